The van der Waals surface area contributed by atoms with Crippen molar-refractivity contribution in [3.63, 3.8) is 0 Å². The second-order valence-electron chi connectivity index (χ2n) is 4.97. The summed E-state index contributed by atoms with van der Waals surface area (Å²) in [5.74, 6) is 0.247. The van der Waals surface area contributed by atoms with Gasteiger partial charge in [0.15, 0.2) is 6.29 Å². The van der Waals surface area contributed by atoms with Gasteiger partial charge in [0.05, 0.1) is 19.3 Å². The Morgan fingerprint density at radius 1 is 1.35 bits per heavy atom. The Kier molecular flexibility index (Phi) is 3.47. The highest BCUT2D eigenvalue weighted by Crippen LogP contribution is 2.41. The SMILES string of the molecule is CC1OCC2ON(C)C(c3ccc([N+](=O)[O-])o3)C2CO1. The molecule has 2 aliphatic heterocycles. The number of hydrogen-bond acceptors (Lipinski definition) is 7. The van der Waals surface area contributed by atoms with E-state index in [0.717, 1.165) is 0 Å². The first-order valence-electron chi connectivity index (χ1n) is 6.43. The van der Waals surface area contributed by atoms with E-state index in [1.807, 2.05) is 6.92 Å². The van der Waals surface area contributed by atoms with Crippen LogP contribution in [0.25, 0.3) is 0 Å². The predicted molar refractivity (Wildman–Crippen MR) is 65.6 cm³/mol. The molecule has 1 aromatic heterocycles. The zero-order valence-electron chi connectivity index (χ0n) is 11.2. The van der Waals surface area contributed by atoms with E-state index in [2.05, 4.69) is 0 Å². The van der Waals surface area contributed by atoms with Gasteiger partial charge in [-0.1, -0.05) is 0 Å². The van der Waals surface area contributed by atoms with Crippen LogP contribution < -0.4 is 0 Å². The molecule has 0 bridgehead atoms. The highest BCUT2D eigenvalue weighted by atomic mass is 16.7. The van der Waals surface area contributed by atoms with Gasteiger partial charge in [0.2, 0.25) is 0 Å². The standard InChI is InChI=1S/C12H16N2O6/c1-7-17-5-8-10(6-18-7)20-13(2)12(8)9-3-4-11(19-9)14(15)16/h3-4,7-8,10,12H,5-6H2,1-2H3. The second-order valence-corrected chi connectivity index (χ2v) is 4.97. The van der Waals surface area contributed by atoms with E-state index in [1.54, 1.807) is 18.2 Å². The van der Waals surface area contributed by atoms with Crippen LogP contribution in [-0.4, -0.2) is 42.6 Å². The molecule has 8 nitrogen and oxygen atoms in total. The van der Waals surface area contributed by atoms with Crippen LogP contribution >= 0.6 is 0 Å². The Labute approximate surface area is 115 Å². The lowest BCUT2D eigenvalue weighted by atomic mass is 9.94. The molecule has 1 aromatic rings. The van der Waals surface area contributed by atoms with Gasteiger partial charge in [0, 0.05) is 13.0 Å². The highest BCUT2D eigenvalue weighted by Gasteiger charge is 2.46. The maximum atomic E-state index is 10.7. The molecular formula is C12H16N2O6. The second kappa shape index (κ2) is 5.13. The van der Waals surface area contributed by atoms with Crippen molar-refractivity contribution in [1.29, 1.82) is 0 Å². The van der Waals surface area contributed by atoms with Crippen LogP contribution in [0.15, 0.2) is 16.5 Å². The maximum Gasteiger partial charge on any atom is 0.433 e. The Morgan fingerprint density at radius 2 is 2.10 bits per heavy atom. The molecule has 3 heterocycles. The van der Waals surface area contributed by atoms with Crippen molar-refractivity contribution in [3.8, 4) is 0 Å². The quantitative estimate of drug-likeness (QED) is 0.600. The summed E-state index contributed by atoms with van der Waals surface area (Å²) in [4.78, 5) is 15.9. The Balaban J connectivity index is 1.85. The number of hydroxylamine groups is 2. The molecule has 4 unspecified atom stereocenters. The van der Waals surface area contributed by atoms with Crippen molar-refractivity contribution in [3.05, 3.63) is 28.0 Å². The first-order chi connectivity index (χ1) is 9.56. The Morgan fingerprint density at radius 3 is 2.80 bits per heavy atom. The van der Waals surface area contributed by atoms with E-state index >= 15 is 0 Å². The molecule has 110 valence electrons. The molecule has 3 rings (SSSR count). The minimum atomic E-state index is -0.550. The first kappa shape index (κ1) is 13.5. The number of hydrogen-bond donors (Lipinski definition) is 0. The molecular weight excluding hydrogens is 268 g/mol. The van der Waals surface area contributed by atoms with Gasteiger partial charge in [-0.3, -0.25) is 15.0 Å². The van der Waals surface area contributed by atoms with Crippen LogP contribution in [0.4, 0.5) is 5.88 Å². The summed E-state index contributed by atoms with van der Waals surface area (Å²) in [6.07, 6.45) is -0.416. The van der Waals surface area contributed by atoms with Gasteiger partial charge in [-0.05, 0) is 13.0 Å². The van der Waals surface area contributed by atoms with E-state index in [1.165, 1.54) is 6.07 Å². The summed E-state index contributed by atoms with van der Waals surface area (Å²) in [7, 11) is 1.77. The molecule has 8 heteroatoms. The van der Waals surface area contributed by atoms with E-state index < -0.39 is 4.92 Å². The average molecular weight is 284 g/mol. The predicted octanol–water partition coefficient (Wildman–Crippen LogP) is 1.48. The number of nitro groups is 1. The van der Waals surface area contributed by atoms with Crippen LogP contribution in [0.2, 0.25) is 0 Å². The zero-order valence-corrected chi connectivity index (χ0v) is 11.2. The van der Waals surface area contributed by atoms with Crippen molar-refractivity contribution < 1.29 is 23.7 Å². The van der Waals surface area contributed by atoms with Gasteiger partial charge in [-0.25, -0.2) is 0 Å². The van der Waals surface area contributed by atoms with E-state index in [4.69, 9.17) is 18.7 Å². The molecule has 0 saturated carbocycles. The summed E-state index contributed by atoms with van der Waals surface area (Å²) in [6.45, 7) is 2.71. The summed E-state index contributed by atoms with van der Waals surface area (Å²) < 4.78 is 16.3. The zero-order chi connectivity index (χ0) is 14.3. The number of furan rings is 1. The van der Waals surface area contributed by atoms with Crippen LogP contribution in [0.5, 0.6) is 0 Å². The maximum absolute atomic E-state index is 10.7. The summed E-state index contributed by atoms with van der Waals surface area (Å²) in [6, 6.07) is 2.75. The summed E-state index contributed by atoms with van der Waals surface area (Å²) in [5.41, 5.74) is 0. The van der Waals surface area contributed by atoms with Gasteiger partial charge in [0.25, 0.3) is 0 Å². The van der Waals surface area contributed by atoms with Crippen molar-refractivity contribution in [1.82, 2.24) is 5.06 Å². The number of rotatable bonds is 2. The van der Waals surface area contributed by atoms with Crippen molar-refractivity contribution in [2.75, 3.05) is 20.3 Å². The summed E-state index contributed by atoms with van der Waals surface area (Å²) in [5, 5.41) is 12.4. The molecule has 2 aliphatic rings. The third kappa shape index (κ3) is 2.31. The lowest BCUT2D eigenvalue weighted by molar-refractivity contribution is -0.402. The van der Waals surface area contributed by atoms with E-state index in [9.17, 15) is 10.1 Å². The third-order valence-corrected chi connectivity index (χ3v) is 3.68. The fourth-order valence-corrected chi connectivity index (χ4v) is 2.70. The van der Waals surface area contributed by atoms with Crippen molar-refractivity contribution in [2.24, 2.45) is 5.92 Å². The number of nitrogens with zero attached hydrogens (tertiary/aromatic N) is 2. The van der Waals surface area contributed by atoms with Crippen LogP contribution in [0.1, 0.15) is 18.7 Å². The topological polar surface area (TPSA) is 87.2 Å². The lowest BCUT2D eigenvalue weighted by Crippen LogP contribution is -2.25. The molecule has 2 saturated heterocycles. The van der Waals surface area contributed by atoms with Crippen LogP contribution in [0.3, 0.4) is 0 Å². The highest BCUT2D eigenvalue weighted by molar-refractivity contribution is 5.21. The fourth-order valence-electron chi connectivity index (χ4n) is 2.70. The van der Waals surface area contributed by atoms with Gasteiger partial charge in [0.1, 0.15) is 22.8 Å². The lowest BCUT2D eigenvalue weighted by Gasteiger charge is -2.20. The van der Waals surface area contributed by atoms with Gasteiger partial charge in [-0.2, -0.15) is 5.06 Å². The van der Waals surface area contributed by atoms with Gasteiger partial charge < -0.3 is 13.9 Å². The monoisotopic (exact) mass is 284 g/mol. The average Bonchev–Trinajstić information content (AvgIpc) is 2.94. The number of fused-ring (bicyclic) bond motifs is 1. The number of ether oxygens (including phenoxy) is 2. The summed E-state index contributed by atoms with van der Waals surface area (Å²) >= 11 is 0. The molecule has 0 amide bonds. The molecule has 20 heavy (non-hydrogen) atoms. The molecule has 0 spiro atoms. The molecule has 2 fully saturated rings. The largest absolute Gasteiger partial charge is 0.433 e. The van der Waals surface area contributed by atoms with Gasteiger partial charge >= 0.3 is 5.88 Å². The Hall–Kier alpha value is -1.48. The third-order valence-electron chi connectivity index (χ3n) is 3.68. The van der Waals surface area contributed by atoms with Crippen molar-refractivity contribution >= 4 is 5.88 Å². The van der Waals surface area contributed by atoms with Crippen LogP contribution in [0, 0.1) is 16.0 Å². The molecule has 0 aliphatic carbocycles. The fraction of sp³-hybridized carbons (Fsp3) is 0.667. The van der Waals surface area contributed by atoms with E-state index in [-0.39, 0.29) is 30.2 Å². The minimum absolute atomic E-state index is 0.00991. The molecule has 0 N–H and O–H groups in total. The minimum Gasteiger partial charge on any atom is -0.404 e. The first-order valence-corrected chi connectivity index (χ1v) is 6.43. The molecule has 0 radical (unpaired) electrons. The molecule has 0 aromatic carbocycles. The molecule has 4 atom stereocenters. The van der Waals surface area contributed by atoms with E-state index in [0.29, 0.717) is 19.0 Å². The smallest absolute Gasteiger partial charge is 0.404 e. The van der Waals surface area contributed by atoms with Crippen molar-refractivity contribution in [2.45, 2.75) is 25.4 Å². The Bertz CT molecular complexity index is 504. The van der Waals surface area contributed by atoms with Crippen LogP contribution in [-0.2, 0) is 14.3 Å². The normalized spacial score (nSPS) is 34.7. The van der Waals surface area contributed by atoms with Gasteiger partial charge in [-0.15, -0.1) is 0 Å².